The van der Waals surface area contributed by atoms with Gasteiger partial charge in [0, 0.05) is 32.6 Å². The second kappa shape index (κ2) is 5.49. The Morgan fingerprint density at radius 1 is 1.25 bits per heavy atom. The van der Waals surface area contributed by atoms with Crippen LogP contribution >= 0.6 is 0 Å². The first kappa shape index (κ1) is 14.9. The Hall–Kier alpha value is -1.47. The van der Waals surface area contributed by atoms with E-state index in [-0.39, 0.29) is 23.4 Å². The third-order valence-electron chi connectivity index (χ3n) is 3.43. The number of carbonyl (C=O) groups is 1. The first-order valence-electron chi connectivity index (χ1n) is 6.35. The van der Waals surface area contributed by atoms with E-state index in [9.17, 15) is 17.6 Å². The highest BCUT2D eigenvalue weighted by Crippen LogP contribution is 2.21. The quantitative estimate of drug-likeness (QED) is 0.821. The molecule has 1 aromatic rings. The van der Waals surface area contributed by atoms with Crippen LogP contribution in [0.4, 0.5) is 4.39 Å². The van der Waals surface area contributed by atoms with Crippen LogP contribution < -0.4 is 0 Å². The molecule has 5 nitrogen and oxygen atoms in total. The molecule has 2 rings (SSSR count). The van der Waals surface area contributed by atoms with Gasteiger partial charge >= 0.3 is 0 Å². The Labute approximate surface area is 118 Å². The highest BCUT2D eigenvalue weighted by Gasteiger charge is 2.34. The minimum Gasteiger partial charge on any atom is -0.340 e. The fourth-order valence-electron chi connectivity index (χ4n) is 2.33. The van der Waals surface area contributed by atoms with E-state index in [4.69, 9.17) is 0 Å². The molecule has 1 aliphatic heterocycles. The number of amides is 1. The topological polar surface area (TPSA) is 57.7 Å². The monoisotopic (exact) mass is 300 g/mol. The predicted octanol–water partition coefficient (Wildman–Crippen LogP) is 1.07. The van der Waals surface area contributed by atoms with E-state index in [2.05, 4.69) is 0 Å². The summed E-state index contributed by atoms with van der Waals surface area (Å²) >= 11 is 0. The highest BCUT2D eigenvalue weighted by molar-refractivity contribution is 7.89. The fraction of sp³-hybridized carbons (Fsp3) is 0.462. The van der Waals surface area contributed by atoms with Gasteiger partial charge in [-0.25, -0.2) is 12.8 Å². The molecule has 1 aromatic carbocycles. The Balaban J connectivity index is 2.23. The molecule has 0 bridgehead atoms. The molecule has 0 radical (unpaired) electrons. The lowest BCUT2D eigenvalue weighted by Crippen LogP contribution is -2.54. The van der Waals surface area contributed by atoms with Gasteiger partial charge in [0.15, 0.2) is 0 Å². The number of rotatable bonds is 2. The van der Waals surface area contributed by atoms with Crippen molar-refractivity contribution >= 4 is 15.9 Å². The van der Waals surface area contributed by atoms with Gasteiger partial charge in [-0.3, -0.25) is 4.79 Å². The van der Waals surface area contributed by atoms with Gasteiger partial charge in [-0.1, -0.05) is 0 Å². The van der Waals surface area contributed by atoms with Crippen molar-refractivity contribution in [3.63, 3.8) is 0 Å². The number of sulfonamides is 1. The zero-order valence-corrected chi connectivity index (χ0v) is 12.2. The summed E-state index contributed by atoms with van der Waals surface area (Å²) in [5, 5.41) is 0. The number of hydrogen-bond donors (Lipinski definition) is 0. The number of carbonyl (C=O) groups excluding carboxylic acids is 1. The van der Waals surface area contributed by atoms with Crippen LogP contribution in [0.25, 0.3) is 0 Å². The second-order valence-electron chi connectivity index (χ2n) is 4.88. The number of hydrogen-bond acceptors (Lipinski definition) is 3. The summed E-state index contributed by atoms with van der Waals surface area (Å²) in [4.78, 5) is 13.0. The van der Waals surface area contributed by atoms with E-state index in [0.717, 1.165) is 12.1 Å². The van der Waals surface area contributed by atoms with Crippen LogP contribution in [0, 0.1) is 5.82 Å². The summed E-state index contributed by atoms with van der Waals surface area (Å²) in [7, 11) is -3.65. The van der Waals surface area contributed by atoms with Crippen LogP contribution in [0.2, 0.25) is 0 Å². The zero-order chi connectivity index (χ0) is 14.9. The average molecular weight is 300 g/mol. The molecule has 1 atom stereocenters. The number of benzene rings is 1. The molecule has 1 amide bonds. The SMILES string of the molecule is CC(=O)N1CCN(S(=O)(=O)c2ccc(F)cc2)[C@H](C)C1. The van der Waals surface area contributed by atoms with E-state index in [0.29, 0.717) is 13.1 Å². The van der Waals surface area contributed by atoms with Gasteiger partial charge in [-0.05, 0) is 31.2 Å². The Morgan fingerprint density at radius 2 is 1.85 bits per heavy atom. The smallest absolute Gasteiger partial charge is 0.243 e. The first-order chi connectivity index (χ1) is 9.32. The Morgan fingerprint density at radius 3 is 2.35 bits per heavy atom. The van der Waals surface area contributed by atoms with Gasteiger partial charge in [0.05, 0.1) is 4.90 Å². The largest absolute Gasteiger partial charge is 0.340 e. The molecule has 7 heteroatoms. The summed E-state index contributed by atoms with van der Waals surface area (Å²) < 4.78 is 39.2. The van der Waals surface area contributed by atoms with Crippen molar-refractivity contribution in [2.24, 2.45) is 0 Å². The van der Waals surface area contributed by atoms with Gasteiger partial charge in [0.25, 0.3) is 0 Å². The molecule has 0 aliphatic carbocycles. The molecular formula is C13H17FN2O3S. The van der Waals surface area contributed by atoms with Crippen molar-refractivity contribution in [3.05, 3.63) is 30.1 Å². The van der Waals surface area contributed by atoms with E-state index in [1.165, 1.54) is 23.4 Å². The molecule has 1 aliphatic rings. The summed E-state index contributed by atoms with van der Waals surface area (Å²) in [6.07, 6.45) is 0. The maximum absolute atomic E-state index is 12.9. The summed E-state index contributed by atoms with van der Waals surface area (Å²) in [5.74, 6) is -0.533. The molecule has 0 spiro atoms. The van der Waals surface area contributed by atoms with Crippen molar-refractivity contribution in [1.29, 1.82) is 0 Å². The summed E-state index contributed by atoms with van der Waals surface area (Å²) in [5.41, 5.74) is 0. The molecule has 0 saturated carbocycles. The van der Waals surface area contributed by atoms with E-state index in [1.807, 2.05) is 0 Å². The molecule has 1 saturated heterocycles. The average Bonchev–Trinajstić information content (AvgIpc) is 2.38. The Kier molecular flexibility index (Phi) is 4.10. The lowest BCUT2D eigenvalue weighted by molar-refractivity contribution is -0.130. The molecule has 110 valence electrons. The zero-order valence-electron chi connectivity index (χ0n) is 11.4. The maximum Gasteiger partial charge on any atom is 0.243 e. The summed E-state index contributed by atoms with van der Waals surface area (Å²) in [6, 6.07) is 4.47. The molecule has 20 heavy (non-hydrogen) atoms. The standard InChI is InChI=1S/C13H17FN2O3S/c1-10-9-15(11(2)17)7-8-16(10)20(18,19)13-5-3-12(14)4-6-13/h3-6,10H,7-9H2,1-2H3/t10-/m1/s1. The van der Waals surface area contributed by atoms with Crippen molar-refractivity contribution in [3.8, 4) is 0 Å². The van der Waals surface area contributed by atoms with Gasteiger partial charge in [-0.2, -0.15) is 4.31 Å². The van der Waals surface area contributed by atoms with Crippen molar-refractivity contribution in [2.75, 3.05) is 19.6 Å². The third-order valence-corrected chi connectivity index (χ3v) is 5.46. The van der Waals surface area contributed by atoms with Crippen LogP contribution in [-0.2, 0) is 14.8 Å². The molecule has 0 N–H and O–H groups in total. The van der Waals surface area contributed by atoms with Gasteiger partial charge < -0.3 is 4.90 Å². The minimum absolute atomic E-state index is 0.0596. The number of nitrogens with zero attached hydrogens (tertiary/aromatic N) is 2. The normalized spacial score (nSPS) is 20.9. The summed E-state index contributed by atoms with van der Waals surface area (Å²) in [6.45, 7) is 4.23. The van der Waals surface area contributed by atoms with Crippen LogP contribution in [0.5, 0.6) is 0 Å². The molecular weight excluding hydrogens is 283 g/mol. The van der Waals surface area contributed by atoms with Crippen molar-refractivity contribution in [1.82, 2.24) is 9.21 Å². The third kappa shape index (κ3) is 2.83. The lowest BCUT2D eigenvalue weighted by Gasteiger charge is -2.38. The van der Waals surface area contributed by atoms with Crippen LogP contribution in [-0.4, -0.2) is 49.2 Å². The van der Waals surface area contributed by atoms with E-state index >= 15 is 0 Å². The van der Waals surface area contributed by atoms with Crippen LogP contribution in [0.3, 0.4) is 0 Å². The maximum atomic E-state index is 12.9. The minimum atomic E-state index is -3.65. The molecule has 0 unspecified atom stereocenters. The Bertz CT molecular complexity index is 601. The van der Waals surface area contributed by atoms with Gasteiger partial charge in [0.2, 0.25) is 15.9 Å². The number of piperazine rings is 1. The van der Waals surface area contributed by atoms with Crippen molar-refractivity contribution in [2.45, 2.75) is 24.8 Å². The van der Waals surface area contributed by atoms with E-state index < -0.39 is 15.8 Å². The van der Waals surface area contributed by atoms with Crippen LogP contribution in [0.15, 0.2) is 29.2 Å². The van der Waals surface area contributed by atoms with Gasteiger partial charge in [0.1, 0.15) is 5.82 Å². The molecule has 0 aromatic heterocycles. The predicted molar refractivity (Wildman–Crippen MR) is 72.0 cm³/mol. The van der Waals surface area contributed by atoms with Crippen LogP contribution in [0.1, 0.15) is 13.8 Å². The van der Waals surface area contributed by atoms with E-state index in [1.54, 1.807) is 11.8 Å². The lowest BCUT2D eigenvalue weighted by atomic mass is 10.2. The van der Waals surface area contributed by atoms with Gasteiger partial charge in [-0.15, -0.1) is 0 Å². The molecule has 1 fully saturated rings. The first-order valence-corrected chi connectivity index (χ1v) is 7.79. The highest BCUT2D eigenvalue weighted by atomic mass is 32.2. The fourth-order valence-corrected chi connectivity index (χ4v) is 3.94. The molecule has 1 heterocycles. The second-order valence-corrected chi connectivity index (χ2v) is 6.77. The van der Waals surface area contributed by atoms with Crippen molar-refractivity contribution < 1.29 is 17.6 Å². The number of halogens is 1.